The van der Waals surface area contributed by atoms with Crippen LogP contribution in [-0.2, 0) is 54.3 Å². The van der Waals surface area contributed by atoms with Crippen LogP contribution in [0.3, 0.4) is 0 Å². The first kappa shape index (κ1) is 40.6. The third-order valence-electron chi connectivity index (χ3n) is 7.71. The molecule has 48 heavy (non-hydrogen) atoms. The van der Waals surface area contributed by atoms with E-state index in [1.165, 1.54) is 0 Å². The molecule has 0 bridgehead atoms. The van der Waals surface area contributed by atoms with Crippen molar-refractivity contribution in [3.63, 3.8) is 0 Å². The van der Waals surface area contributed by atoms with E-state index < -0.39 is 42.3 Å². The number of benzene rings is 1. The SMILES string of the molecule is O=C(O)CCO[C@H]1[C@H](OCCC(=O)O)[C@@H](CNC(=O)CCCCCCCCCCC(=O)OCc2ccccc2)OC[C@@H]1OCCC(=O)O. The van der Waals surface area contributed by atoms with Gasteiger partial charge in [0.25, 0.3) is 0 Å². The molecule has 1 heterocycles. The fourth-order valence-electron chi connectivity index (χ4n) is 5.14. The quantitative estimate of drug-likeness (QED) is 0.0773. The number of ether oxygens (including phenoxy) is 5. The molecule has 0 radical (unpaired) electrons. The molecule has 14 heteroatoms. The number of carboxylic acids is 3. The van der Waals surface area contributed by atoms with Gasteiger partial charge in [0, 0.05) is 19.4 Å². The molecule has 0 spiro atoms. The maximum absolute atomic E-state index is 12.6. The van der Waals surface area contributed by atoms with E-state index in [4.69, 9.17) is 39.0 Å². The van der Waals surface area contributed by atoms with E-state index in [2.05, 4.69) is 5.32 Å². The van der Waals surface area contributed by atoms with Crippen molar-refractivity contribution in [2.45, 2.75) is 114 Å². The van der Waals surface area contributed by atoms with Gasteiger partial charge in [0.2, 0.25) is 5.91 Å². The van der Waals surface area contributed by atoms with E-state index in [0.717, 1.165) is 50.5 Å². The van der Waals surface area contributed by atoms with E-state index in [-0.39, 0.29) is 64.1 Å². The molecule has 2 rings (SSSR count). The highest BCUT2D eigenvalue weighted by molar-refractivity contribution is 5.75. The number of amides is 1. The second-order valence-corrected chi connectivity index (χ2v) is 11.7. The van der Waals surface area contributed by atoms with E-state index in [9.17, 15) is 24.0 Å². The van der Waals surface area contributed by atoms with Gasteiger partial charge in [0.1, 0.15) is 31.0 Å². The lowest BCUT2D eigenvalue weighted by atomic mass is 9.98. The summed E-state index contributed by atoms with van der Waals surface area (Å²) >= 11 is 0. The predicted molar refractivity (Wildman–Crippen MR) is 171 cm³/mol. The zero-order chi connectivity index (χ0) is 35.0. The maximum atomic E-state index is 12.6. The van der Waals surface area contributed by atoms with E-state index in [0.29, 0.717) is 25.9 Å². The Kier molecular flexibility index (Phi) is 20.7. The second-order valence-electron chi connectivity index (χ2n) is 11.7. The number of aliphatic carboxylic acids is 3. The Bertz CT molecular complexity index is 1100. The molecule has 1 aliphatic heterocycles. The number of carbonyl (C=O) groups excluding carboxylic acids is 2. The topological polar surface area (TPSA) is 204 Å². The van der Waals surface area contributed by atoms with Crippen molar-refractivity contribution in [1.82, 2.24) is 5.32 Å². The summed E-state index contributed by atoms with van der Waals surface area (Å²) in [5.74, 6) is -3.57. The van der Waals surface area contributed by atoms with Gasteiger partial charge in [-0.2, -0.15) is 0 Å². The molecule has 1 amide bonds. The average molecular weight is 682 g/mol. The molecule has 1 fully saturated rings. The molecule has 4 atom stereocenters. The summed E-state index contributed by atoms with van der Waals surface area (Å²) in [4.78, 5) is 57.6. The minimum atomic E-state index is -1.08. The molecule has 0 saturated carbocycles. The molecule has 0 aliphatic carbocycles. The molecule has 1 aliphatic rings. The van der Waals surface area contributed by atoms with Crippen LogP contribution in [0.25, 0.3) is 0 Å². The van der Waals surface area contributed by atoms with Gasteiger partial charge >= 0.3 is 23.9 Å². The molecule has 4 N–H and O–H groups in total. The van der Waals surface area contributed by atoms with Crippen LogP contribution in [0.4, 0.5) is 0 Å². The van der Waals surface area contributed by atoms with Crippen LogP contribution < -0.4 is 5.32 Å². The molecule has 1 aromatic carbocycles. The molecule has 1 saturated heterocycles. The highest BCUT2D eigenvalue weighted by Gasteiger charge is 2.43. The molecule has 270 valence electrons. The van der Waals surface area contributed by atoms with Gasteiger partial charge < -0.3 is 44.3 Å². The lowest BCUT2D eigenvalue weighted by Gasteiger charge is -2.42. The summed E-state index contributed by atoms with van der Waals surface area (Å²) in [6, 6.07) is 9.59. The van der Waals surface area contributed by atoms with Crippen molar-refractivity contribution in [3.05, 3.63) is 35.9 Å². The fourth-order valence-corrected chi connectivity index (χ4v) is 5.14. The molecule has 14 nitrogen and oxygen atoms in total. The summed E-state index contributed by atoms with van der Waals surface area (Å²) in [5, 5.41) is 29.9. The number of rotatable bonds is 27. The third-order valence-corrected chi connectivity index (χ3v) is 7.71. The summed E-state index contributed by atoms with van der Waals surface area (Å²) < 4.78 is 28.5. The Morgan fingerprint density at radius 1 is 0.667 bits per heavy atom. The Morgan fingerprint density at radius 2 is 1.19 bits per heavy atom. The van der Waals surface area contributed by atoms with Crippen LogP contribution in [-0.4, -0.2) is 102 Å². The lowest BCUT2D eigenvalue weighted by Crippen LogP contribution is -2.59. The van der Waals surface area contributed by atoms with Crippen molar-refractivity contribution in [3.8, 4) is 0 Å². The largest absolute Gasteiger partial charge is 0.481 e. The van der Waals surface area contributed by atoms with Crippen molar-refractivity contribution >= 4 is 29.8 Å². The van der Waals surface area contributed by atoms with Gasteiger partial charge in [-0.3, -0.25) is 24.0 Å². The van der Waals surface area contributed by atoms with Gasteiger partial charge in [-0.1, -0.05) is 68.9 Å². The number of hydrogen-bond acceptors (Lipinski definition) is 10. The standard InChI is InChI=1S/C34H51NO13/c36-28(14-10-5-3-1-2-4-6-11-15-32(43)48-23-25-12-8-7-9-13-25)35-22-26-33(45-20-17-30(39)40)34(46-21-18-31(41)42)27(24-47-26)44-19-16-29(37)38/h7-9,12-13,26-27,33-34H,1-6,10-11,14-24H2,(H,35,36)(H,37,38)(H,39,40)(H,41,42)/t26-,27+,33-,34-/m1/s1. The lowest BCUT2D eigenvalue weighted by molar-refractivity contribution is -0.230. The number of carboxylic acid groups (broad SMARTS) is 3. The van der Waals surface area contributed by atoms with Gasteiger partial charge in [-0.25, -0.2) is 0 Å². The van der Waals surface area contributed by atoms with Gasteiger partial charge in [-0.05, 0) is 18.4 Å². The van der Waals surface area contributed by atoms with E-state index >= 15 is 0 Å². The Hall–Kier alpha value is -3.59. The van der Waals surface area contributed by atoms with Crippen LogP contribution in [0.15, 0.2) is 30.3 Å². The zero-order valence-electron chi connectivity index (χ0n) is 27.6. The van der Waals surface area contributed by atoms with Crippen LogP contribution in [0, 0.1) is 0 Å². The molecule has 0 unspecified atom stereocenters. The van der Waals surface area contributed by atoms with Crippen molar-refractivity contribution in [2.75, 3.05) is 33.0 Å². The smallest absolute Gasteiger partial charge is 0.306 e. The number of nitrogens with one attached hydrogen (secondary N) is 1. The summed E-state index contributed by atoms with van der Waals surface area (Å²) in [5.41, 5.74) is 0.973. The Labute approximate surface area is 281 Å². The first-order chi connectivity index (χ1) is 23.2. The van der Waals surface area contributed by atoms with Crippen LogP contribution in [0.1, 0.15) is 89.0 Å². The highest BCUT2D eigenvalue weighted by atomic mass is 16.6. The number of carbonyl (C=O) groups is 5. The minimum absolute atomic E-state index is 0.0188. The normalized spacial score (nSPS) is 19.0. The predicted octanol–water partition coefficient (Wildman–Crippen LogP) is 3.73. The van der Waals surface area contributed by atoms with Crippen LogP contribution in [0.5, 0.6) is 0 Å². The van der Waals surface area contributed by atoms with Crippen LogP contribution >= 0.6 is 0 Å². The molecule has 1 aromatic rings. The van der Waals surface area contributed by atoms with E-state index in [1.807, 2.05) is 30.3 Å². The molecular weight excluding hydrogens is 630 g/mol. The monoisotopic (exact) mass is 681 g/mol. The van der Waals surface area contributed by atoms with Crippen molar-refractivity contribution in [2.24, 2.45) is 0 Å². The van der Waals surface area contributed by atoms with Gasteiger partial charge in [-0.15, -0.1) is 0 Å². The minimum Gasteiger partial charge on any atom is -0.481 e. The summed E-state index contributed by atoms with van der Waals surface area (Å²) in [7, 11) is 0. The molecular formula is C34H51NO13. The van der Waals surface area contributed by atoms with Gasteiger partial charge in [0.05, 0.1) is 45.7 Å². The number of esters is 1. The maximum Gasteiger partial charge on any atom is 0.306 e. The Balaban J connectivity index is 1.67. The first-order valence-electron chi connectivity index (χ1n) is 16.7. The number of unbranched alkanes of at least 4 members (excludes halogenated alkanes) is 7. The summed E-state index contributed by atoms with van der Waals surface area (Å²) in [6.07, 6.45) is 4.09. The first-order valence-corrected chi connectivity index (χ1v) is 16.7. The summed E-state index contributed by atoms with van der Waals surface area (Å²) in [6.45, 7) is -0.172. The fraction of sp³-hybridized carbons (Fsp3) is 0.676. The highest BCUT2D eigenvalue weighted by Crippen LogP contribution is 2.24. The second kappa shape index (κ2) is 24.5. The third kappa shape index (κ3) is 18.7. The average Bonchev–Trinajstić information content (AvgIpc) is 3.05. The van der Waals surface area contributed by atoms with Crippen molar-refractivity contribution in [1.29, 1.82) is 0 Å². The zero-order valence-corrected chi connectivity index (χ0v) is 27.6. The van der Waals surface area contributed by atoms with Crippen molar-refractivity contribution < 1.29 is 63.0 Å². The van der Waals surface area contributed by atoms with Gasteiger partial charge in [0.15, 0.2) is 0 Å². The van der Waals surface area contributed by atoms with Crippen LogP contribution in [0.2, 0.25) is 0 Å². The Morgan fingerprint density at radius 3 is 1.77 bits per heavy atom. The van der Waals surface area contributed by atoms with E-state index in [1.54, 1.807) is 0 Å². The number of hydrogen-bond donors (Lipinski definition) is 4. The molecule has 0 aromatic heterocycles.